The summed E-state index contributed by atoms with van der Waals surface area (Å²) in [5.41, 5.74) is 2.21. The van der Waals surface area contributed by atoms with Gasteiger partial charge in [0.05, 0.1) is 31.8 Å². The molecule has 240 valence electrons. The van der Waals surface area contributed by atoms with Crippen molar-refractivity contribution in [2.75, 3.05) is 26.4 Å². The van der Waals surface area contributed by atoms with E-state index in [2.05, 4.69) is 107 Å². The maximum absolute atomic E-state index is 6.40. The van der Waals surface area contributed by atoms with Gasteiger partial charge in [0.2, 0.25) is 0 Å². The van der Waals surface area contributed by atoms with E-state index in [4.69, 9.17) is 27.1 Å². The molecule has 4 rings (SSSR count). The van der Waals surface area contributed by atoms with E-state index in [1.54, 1.807) is 0 Å². The van der Waals surface area contributed by atoms with Crippen molar-refractivity contribution in [1.82, 2.24) is 0 Å². The number of rotatable bonds is 6. The van der Waals surface area contributed by atoms with Crippen LogP contribution in [0.1, 0.15) is 106 Å². The molecule has 2 aliphatic rings. The van der Waals surface area contributed by atoms with Crippen molar-refractivity contribution in [3.05, 3.63) is 59.7 Å². The number of para-hydroxylation sites is 2. The van der Waals surface area contributed by atoms with E-state index in [1.807, 2.05) is 24.3 Å². The molecule has 2 saturated heterocycles. The van der Waals surface area contributed by atoms with E-state index in [1.165, 1.54) is 11.1 Å². The summed E-state index contributed by atoms with van der Waals surface area (Å²) in [4.78, 5) is 0. The fourth-order valence-corrected chi connectivity index (χ4v) is 9.95. The van der Waals surface area contributed by atoms with Gasteiger partial charge in [-0.05, 0) is 56.8 Å². The second kappa shape index (κ2) is 12.9. The van der Waals surface area contributed by atoms with Gasteiger partial charge < -0.3 is 27.1 Å². The first-order valence-corrected chi connectivity index (χ1v) is 17.7. The molecule has 2 aliphatic heterocycles. The maximum Gasteiger partial charge on any atom is 0.397 e. The Kier molecular flexibility index (Phi) is 10.3. The van der Waals surface area contributed by atoms with Gasteiger partial charge >= 0.3 is 17.2 Å². The molecule has 43 heavy (non-hydrogen) atoms. The summed E-state index contributed by atoms with van der Waals surface area (Å²) in [5, 5.41) is 0. The Morgan fingerprint density at radius 1 is 0.512 bits per heavy atom. The third kappa shape index (κ3) is 8.51. The predicted molar refractivity (Wildman–Crippen MR) is 178 cm³/mol. The van der Waals surface area contributed by atoms with Crippen molar-refractivity contribution in [2.24, 2.45) is 27.1 Å². The van der Waals surface area contributed by atoms with Gasteiger partial charge in [-0.15, -0.1) is 0 Å². The zero-order chi connectivity index (χ0) is 31.8. The van der Waals surface area contributed by atoms with Gasteiger partial charge in [0.15, 0.2) is 0 Å². The molecule has 0 N–H and O–H groups in total. The Bertz CT molecular complexity index is 1080. The lowest BCUT2D eigenvalue weighted by molar-refractivity contribution is -0.0674. The first-order chi connectivity index (χ1) is 19.8. The molecule has 2 aromatic rings. The van der Waals surface area contributed by atoms with Gasteiger partial charge in [0.1, 0.15) is 11.5 Å². The average Bonchev–Trinajstić information content (AvgIpc) is 2.86. The summed E-state index contributed by atoms with van der Waals surface area (Å²) in [7, 11) is -3.07. The Morgan fingerprint density at radius 3 is 1.07 bits per heavy atom. The van der Waals surface area contributed by atoms with Crippen molar-refractivity contribution in [2.45, 2.75) is 94.9 Å². The van der Waals surface area contributed by atoms with Crippen LogP contribution >= 0.6 is 17.2 Å². The van der Waals surface area contributed by atoms with E-state index < -0.39 is 17.2 Å². The van der Waals surface area contributed by atoms with E-state index in [0.29, 0.717) is 26.4 Å². The largest absolute Gasteiger partial charge is 0.426 e. The first-order valence-electron chi connectivity index (χ1n) is 15.5. The van der Waals surface area contributed by atoms with Crippen LogP contribution < -0.4 is 9.05 Å². The van der Waals surface area contributed by atoms with Gasteiger partial charge in [-0.25, -0.2) is 0 Å². The molecule has 6 nitrogen and oxygen atoms in total. The van der Waals surface area contributed by atoms with Crippen LogP contribution in [0.15, 0.2) is 48.5 Å². The molecular weight excluding hydrogens is 578 g/mol. The van der Waals surface area contributed by atoms with E-state index in [0.717, 1.165) is 11.5 Å². The Hall–Kier alpha value is -1.26. The van der Waals surface area contributed by atoms with Gasteiger partial charge in [0, 0.05) is 0 Å². The molecule has 8 heteroatoms. The third-order valence-electron chi connectivity index (χ3n) is 8.17. The highest BCUT2D eigenvalue weighted by Gasteiger charge is 2.46. The molecule has 0 unspecified atom stereocenters. The minimum Gasteiger partial charge on any atom is -0.426 e. The molecule has 0 aromatic heterocycles. The highest BCUT2D eigenvalue weighted by molar-refractivity contribution is 7.42. The summed E-state index contributed by atoms with van der Waals surface area (Å²) in [6.45, 7) is 29.2. The topological polar surface area (TPSA) is 55.4 Å². The van der Waals surface area contributed by atoms with Crippen molar-refractivity contribution in [3.8, 4) is 11.5 Å². The monoisotopic (exact) mass is 632 g/mol. The van der Waals surface area contributed by atoms with Crippen LogP contribution in [0.4, 0.5) is 0 Å². The lowest BCUT2D eigenvalue weighted by Gasteiger charge is -2.43. The van der Waals surface area contributed by atoms with Crippen molar-refractivity contribution < 1.29 is 27.1 Å². The lowest BCUT2D eigenvalue weighted by Crippen LogP contribution is -2.45. The summed E-state index contributed by atoms with van der Waals surface area (Å²) >= 11 is 0. The molecule has 0 amide bonds. The molecule has 2 aromatic carbocycles. The Labute approximate surface area is 263 Å². The lowest BCUT2D eigenvalue weighted by atomic mass is 9.63. The van der Waals surface area contributed by atoms with Crippen LogP contribution in [0, 0.1) is 27.1 Å². The minimum atomic E-state index is -1.53. The number of benzene rings is 2. The second-order valence-electron chi connectivity index (χ2n) is 16.6. The van der Waals surface area contributed by atoms with Gasteiger partial charge in [-0.3, -0.25) is 0 Å². The Morgan fingerprint density at radius 2 is 0.791 bits per heavy atom. The third-order valence-corrected chi connectivity index (χ3v) is 10.2. The fourth-order valence-electron chi connectivity index (χ4n) is 7.42. The first kappa shape index (κ1) is 34.6. The summed E-state index contributed by atoms with van der Waals surface area (Å²) in [6.07, 6.45) is 0. The van der Waals surface area contributed by atoms with E-state index >= 15 is 0 Å². The summed E-state index contributed by atoms with van der Waals surface area (Å²) in [6, 6.07) is 16.6. The van der Waals surface area contributed by atoms with Crippen LogP contribution in [-0.4, -0.2) is 26.4 Å². The van der Waals surface area contributed by atoms with Crippen molar-refractivity contribution >= 4 is 17.2 Å². The normalized spacial score (nSPS) is 24.0. The number of hydrogen-bond acceptors (Lipinski definition) is 6. The molecule has 2 fully saturated rings. The van der Waals surface area contributed by atoms with E-state index in [-0.39, 0.29) is 38.9 Å². The highest BCUT2D eigenvalue weighted by Crippen LogP contribution is 2.57. The van der Waals surface area contributed by atoms with Crippen molar-refractivity contribution in [1.29, 1.82) is 0 Å². The summed E-state index contributed by atoms with van der Waals surface area (Å²) < 4.78 is 37.5. The Balaban J connectivity index is 1.38. The maximum atomic E-state index is 6.40. The van der Waals surface area contributed by atoms with Gasteiger partial charge in [-0.1, -0.05) is 119 Å². The van der Waals surface area contributed by atoms with Crippen molar-refractivity contribution in [3.63, 3.8) is 0 Å². The zero-order valence-corrected chi connectivity index (χ0v) is 30.2. The van der Waals surface area contributed by atoms with E-state index in [9.17, 15) is 0 Å². The fraction of sp³-hybridized carbons (Fsp3) is 0.657. The van der Waals surface area contributed by atoms with Crippen LogP contribution in [0.25, 0.3) is 0 Å². The molecule has 0 atom stereocenters. The molecule has 0 saturated carbocycles. The standard InChI is InChI=1S/C35H54O6P2/c1-31(2,3)29(32(4,5)6)25-17-13-15-19-27(25)40-42-36-21-35(22-37-42)23-38-43(39-24-35)41-28-20-16-14-18-26(28)30(33(7,8)9)34(10,11)12/h13-20,29-30H,21-24H2,1-12H3. The molecule has 0 bridgehead atoms. The van der Waals surface area contributed by atoms with Crippen LogP contribution in [-0.2, 0) is 18.1 Å². The van der Waals surface area contributed by atoms with Gasteiger partial charge in [-0.2, -0.15) is 0 Å². The zero-order valence-electron chi connectivity index (χ0n) is 28.4. The second-order valence-corrected chi connectivity index (χ2v) is 18.9. The van der Waals surface area contributed by atoms with Crippen LogP contribution in [0.2, 0.25) is 0 Å². The van der Waals surface area contributed by atoms with Gasteiger partial charge in [0.25, 0.3) is 0 Å². The van der Waals surface area contributed by atoms with Crippen LogP contribution in [0.5, 0.6) is 11.5 Å². The SMILES string of the molecule is CC(C)(C)C(c1ccccc1OP1OCC2(CO1)COP(Oc1ccccc1C(C(C)(C)C)C(C)(C)C)OC2)C(C)(C)C. The quantitative estimate of drug-likeness (QED) is 0.295. The smallest absolute Gasteiger partial charge is 0.397 e. The molecule has 0 radical (unpaired) electrons. The summed E-state index contributed by atoms with van der Waals surface area (Å²) in [5.74, 6) is 2.23. The number of hydrogen-bond donors (Lipinski definition) is 0. The molecule has 0 aliphatic carbocycles. The molecule has 2 heterocycles. The minimum absolute atomic E-state index is 0.0570. The molecule has 1 spiro atoms. The predicted octanol–water partition coefficient (Wildman–Crippen LogP) is 11.0. The van der Waals surface area contributed by atoms with Crippen LogP contribution in [0.3, 0.4) is 0 Å². The molecular formula is C35H54O6P2. The highest BCUT2D eigenvalue weighted by atomic mass is 31.2. The average molecular weight is 633 g/mol.